The summed E-state index contributed by atoms with van der Waals surface area (Å²) in [5, 5.41) is 0. The van der Waals surface area contributed by atoms with Crippen LogP contribution in [0.5, 0.6) is 0 Å². The molecule has 0 aliphatic heterocycles. The van der Waals surface area contributed by atoms with Crippen LogP contribution >= 0.6 is 62.0 Å². The fraction of sp³-hybridized carbons (Fsp3) is 1.00. The molecule has 0 spiro atoms. The van der Waals surface area contributed by atoms with E-state index in [9.17, 15) is 0 Å². The van der Waals surface area contributed by atoms with Gasteiger partial charge in [0.1, 0.15) is 0 Å². The van der Waals surface area contributed by atoms with Crippen molar-refractivity contribution in [3.05, 3.63) is 0 Å². The number of hydrogen-bond donors (Lipinski definition) is 0. The minimum absolute atomic E-state index is 0. The molecule has 0 aromatic carbocycles. The third-order valence-electron chi connectivity index (χ3n) is 0. The van der Waals surface area contributed by atoms with Crippen molar-refractivity contribution in [2.24, 2.45) is 0 Å². The molecule has 2 nitrogen and oxygen atoms in total. The Morgan fingerprint density at radius 1 is 0.714 bits per heavy atom. The molecule has 0 atom stereocenters. The summed E-state index contributed by atoms with van der Waals surface area (Å²) in [5.74, 6) is 0. The fourth-order valence-corrected chi connectivity index (χ4v) is 0. The molecule has 0 bridgehead atoms. The molecule has 0 radical (unpaired) electrons. The first-order valence-electron chi connectivity index (χ1n) is 0.960. The SMILES string of the molecule is C.C.C.C.Cl.Cl.O.[Cl][Ti]([Cl])([Cl])[Cl].[O]=[Ti]. The Morgan fingerprint density at radius 3 is 0.714 bits per heavy atom. The van der Waals surface area contributed by atoms with Crippen molar-refractivity contribution >= 4 is 62.0 Å². The van der Waals surface area contributed by atoms with Crippen LogP contribution in [0.1, 0.15) is 29.7 Å². The average molecular weight is 409 g/mol. The quantitative estimate of drug-likeness (QED) is 0.508. The van der Waals surface area contributed by atoms with Gasteiger partial charge in [-0.3, -0.25) is 0 Å². The van der Waals surface area contributed by atoms with Crippen molar-refractivity contribution in [1.82, 2.24) is 0 Å². The zero-order valence-electron chi connectivity index (χ0n) is 4.24. The first-order valence-corrected chi connectivity index (χ1v) is 10.2. The summed E-state index contributed by atoms with van der Waals surface area (Å²) in [4.78, 5) is 0. The average Bonchev–Trinajstić information content (AvgIpc) is 1.36. The molecule has 98 valence electrons. The zero-order valence-corrected chi connectivity index (χ0v) is 12.0. The Bertz CT molecular complexity index is 49.6. The molecule has 0 rings (SSSR count). The van der Waals surface area contributed by atoms with Crippen LogP contribution in [-0.4, -0.2) is 5.48 Å². The van der Waals surface area contributed by atoms with Crippen molar-refractivity contribution in [2.45, 2.75) is 29.7 Å². The molecule has 0 aromatic rings. The van der Waals surface area contributed by atoms with Gasteiger partial charge in [0.05, 0.1) is 0 Å². The Morgan fingerprint density at radius 2 is 0.714 bits per heavy atom. The predicted molar refractivity (Wildman–Crippen MR) is 69.1 cm³/mol. The van der Waals surface area contributed by atoms with Crippen LogP contribution in [0.4, 0.5) is 0 Å². The van der Waals surface area contributed by atoms with Crippen LogP contribution in [0.2, 0.25) is 0 Å². The van der Waals surface area contributed by atoms with Gasteiger partial charge in [0, 0.05) is 0 Å². The summed E-state index contributed by atoms with van der Waals surface area (Å²) < 4.78 is 8.25. The maximum absolute atomic E-state index is 8.25. The van der Waals surface area contributed by atoms with Gasteiger partial charge in [-0.15, -0.1) is 24.8 Å². The van der Waals surface area contributed by atoms with Gasteiger partial charge in [-0.1, -0.05) is 29.7 Å². The standard InChI is InChI=1S/4CH4.6ClH.H2O.O.2Ti/h4*1H4;6*1H;1H2;;;/q;;;;;;;;;;;;;+4/p-4. The van der Waals surface area contributed by atoms with E-state index >= 15 is 0 Å². The first kappa shape index (κ1) is 68.3. The van der Waals surface area contributed by atoms with Crippen LogP contribution in [0.3, 0.4) is 0 Å². The van der Waals surface area contributed by atoms with Gasteiger partial charge < -0.3 is 5.48 Å². The first-order chi connectivity index (χ1) is 3.00. The number of hydrogen-bond acceptors (Lipinski definition) is 1. The van der Waals surface area contributed by atoms with Crippen molar-refractivity contribution in [2.75, 3.05) is 0 Å². The molecule has 0 saturated carbocycles. The second-order valence-corrected chi connectivity index (χ2v) is 15.9. The van der Waals surface area contributed by atoms with E-state index in [-0.39, 0.29) is 60.0 Å². The minimum atomic E-state index is -3.11. The second-order valence-electron chi connectivity index (χ2n) is 0.429. The molecule has 0 saturated heterocycles. The van der Waals surface area contributed by atoms with E-state index in [1.807, 2.05) is 0 Å². The van der Waals surface area contributed by atoms with E-state index in [4.69, 9.17) is 40.5 Å². The van der Waals surface area contributed by atoms with Crippen molar-refractivity contribution < 1.29 is 41.6 Å². The summed E-state index contributed by atoms with van der Waals surface area (Å²) in [6.07, 6.45) is 0. The molecule has 2 N–H and O–H groups in total. The fourth-order valence-electron chi connectivity index (χ4n) is 0. The Hall–Kier alpha value is 2.93. The van der Waals surface area contributed by atoms with Crippen LogP contribution in [0.15, 0.2) is 0 Å². The summed E-state index contributed by atoms with van der Waals surface area (Å²) in [6, 6.07) is 0. The molecule has 0 aliphatic rings. The monoisotopic (exact) mass is 406 g/mol. The van der Waals surface area contributed by atoms with Crippen LogP contribution < -0.4 is 0 Å². The molecule has 0 amide bonds. The van der Waals surface area contributed by atoms with Crippen LogP contribution in [0, 0.1) is 0 Å². The molecule has 0 heterocycles. The van der Waals surface area contributed by atoms with Crippen LogP contribution in [-0.2, 0) is 36.1 Å². The normalized spacial score (nSPS) is 4.50. The molecule has 0 unspecified atom stereocenters. The van der Waals surface area contributed by atoms with E-state index in [0.29, 0.717) is 0 Å². The van der Waals surface area contributed by atoms with Crippen LogP contribution in [0.25, 0.3) is 0 Å². The zero-order chi connectivity index (χ0) is 6.50. The van der Waals surface area contributed by atoms with Gasteiger partial charge in [-0.25, -0.2) is 0 Å². The van der Waals surface area contributed by atoms with E-state index in [1.165, 1.54) is 0 Å². The van der Waals surface area contributed by atoms with Crippen molar-refractivity contribution in [1.29, 1.82) is 0 Å². The summed E-state index contributed by atoms with van der Waals surface area (Å²) in [7, 11) is 20.1. The topological polar surface area (TPSA) is 48.6 Å². The second kappa shape index (κ2) is 44.5. The molecular weight excluding hydrogens is 388 g/mol. The molecule has 0 aromatic heterocycles. The molecule has 0 fully saturated rings. The summed E-state index contributed by atoms with van der Waals surface area (Å²) in [5.41, 5.74) is 0. The van der Waals surface area contributed by atoms with Gasteiger partial charge >= 0.3 is 73.3 Å². The van der Waals surface area contributed by atoms with Crippen molar-refractivity contribution in [3.63, 3.8) is 0 Å². The molecular formula is C4H20Cl6O2Ti2. The van der Waals surface area contributed by atoms with E-state index in [1.54, 1.807) is 0 Å². The molecule has 10 heteroatoms. The van der Waals surface area contributed by atoms with Gasteiger partial charge in [0.25, 0.3) is 0 Å². The summed E-state index contributed by atoms with van der Waals surface area (Å²) >= 11 is -2.36. The Kier molecular flexibility index (Phi) is 217. The third-order valence-corrected chi connectivity index (χ3v) is 0. The van der Waals surface area contributed by atoms with E-state index < -0.39 is 12.3 Å². The summed E-state index contributed by atoms with van der Waals surface area (Å²) in [6.45, 7) is 0. The maximum atomic E-state index is 8.25. The number of halogens is 6. The van der Waals surface area contributed by atoms with E-state index in [0.717, 1.165) is 20.4 Å². The van der Waals surface area contributed by atoms with E-state index in [2.05, 4.69) is 0 Å². The Labute approximate surface area is 131 Å². The number of rotatable bonds is 0. The third kappa shape index (κ3) is 338. The predicted octanol–water partition coefficient (Wildman–Crippen LogP) is 5.20. The van der Waals surface area contributed by atoms with Gasteiger partial charge in [-0.2, -0.15) is 0 Å². The molecule has 14 heavy (non-hydrogen) atoms. The van der Waals surface area contributed by atoms with Gasteiger partial charge in [-0.05, 0) is 0 Å². The van der Waals surface area contributed by atoms with Crippen molar-refractivity contribution in [3.8, 4) is 0 Å². The molecule has 0 aliphatic carbocycles. The van der Waals surface area contributed by atoms with Gasteiger partial charge in [0.15, 0.2) is 0 Å². The van der Waals surface area contributed by atoms with Gasteiger partial charge in [0.2, 0.25) is 0 Å². The Balaban J connectivity index is -0.00000000377.